The Labute approximate surface area is 225 Å². The number of aryl methyl sites for hydroxylation is 2. The number of amides is 1. The van der Waals surface area contributed by atoms with Crippen molar-refractivity contribution in [1.82, 2.24) is 5.43 Å². The van der Waals surface area contributed by atoms with Gasteiger partial charge in [0.25, 0.3) is 5.91 Å². The van der Waals surface area contributed by atoms with Crippen molar-refractivity contribution in [3.8, 4) is 11.5 Å². The first-order valence-electron chi connectivity index (χ1n) is 12.0. The molecule has 0 atom stereocenters. The normalized spacial score (nSPS) is 14.0. The molecule has 1 heterocycles. The van der Waals surface area contributed by atoms with Gasteiger partial charge in [0.05, 0.1) is 10.7 Å². The molecular weight excluding hydrogens is 515 g/mol. The second-order valence-corrected chi connectivity index (χ2v) is 10.1. The maximum atomic E-state index is 13.1. The fraction of sp³-hybridized carbons (Fsp3) is 0.321. The van der Waals surface area contributed by atoms with E-state index in [0.29, 0.717) is 51.4 Å². The van der Waals surface area contributed by atoms with Crippen molar-refractivity contribution in [2.45, 2.75) is 52.9 Å². The third-order valence-corrected chi connectivity index (χ3v) is 6.60. The number of hydrazone groups is 1. The lowest BCUT2D eigenvalue weighted by Crippen LogP contribution is -2.27. The number of halogens is 2. The van der Waals surface area contributed by atoms with Crippen molar-refractivity contribution in [3.05, 3.63) is 80.2 Å². The van der Waals surface area contributed by atoms with E-state index in [-0.39, 0.29) is 18.3 Å². The molecule has 9 heteroatoms. The molecule has 0 radical (unpaired) electrons. The fourth-order valence-corrected chi connectivity index (χ4v) is 4.69. The van der Waals surface area contributed by atoms with E-state index >= 15 is 0 Å². The van der Waals surface area contributed by atoms with Crippen LogP contribution in [0.4, 0.5) is 0 Å². The summed E-state index contributed by atoms with van der Waals surface area (Å²) in [5, 5.41) is 5.09. The minimum atomic E-state index is -0.559. The predicted molar refractivity (Wildman–Crippen MR) is 143 cm³/mol. The van der Waals surface area contributed by atoms with Crippen LogP contribution in [0.25, 0.3) is 0 Å². The molecule has 7 nitrogen and oxygen atoms in total. The standard InChI is InChI=1S/C28H28Cl2N2O5/c1-15(2)19-10-8-16(3)12-24(19)37-28(34)27-17(4)26-21(6-5-7-23(26)36-27)31-32-25(33)14-35-22-11-9-18(29)13-20(22)30/h8-13,15H,5-7,14H2,1-4H3,(H,32,33)/b31-21+. The molecule has 2 aromatic carbocycles. The number of ether oxygens (including phenoxy) is 2. The van der Waals surface area contributed by atoms with Crippen LogP contribution in [-0.2, 0) is 11.2 Å². The van der Waals surface area contributed by atoms with Gasteiger partial charge in [-0.05, 0) is 68.0 Å². The number of fused-ring (bicyclic) bond motifs is 1. The highest BCUT2D eigenvalue weighted by Gasteiger charge is 2.29. The van der Waals surface area contributed by atoms with E-state index in [1.807, 2.05) is 39.0 Å². The van der Waals surface area contributed by atoms with Gasteiger partial charge in [0.2, 0.25) is 5.76 Å². The largest absolute Gasteiger partial charge is 0.482 e. The second-order valence-electron chi connectivity index (χ2n) is 9.25. The van der Waals surface area contributed by atoms with Crippen LogP contribution in [0.5, 0.6) is 11.5 Å². The summed E-state index contributed by atoms with van der Waals surface area (Å²) in [6, 6.07) is 10.6. The summed E-state index contributed by atoms with van der Waals surface area (Å²) in [4.78, 5) is 25.5. The highest BCUT2D eigenvalue weighted by Crippen LogP contribution is 2.33. The van der Waals surface area contributed by atoms with Crippen LogP contribution in [0.15, 0.2) is 45.9 Å². The van der Waals surface area contributed by atoms with Crippen LogP contribution in [0.3, 0.4) is 0 Å². The highest BCUT2D eigenvalue weighted by molar-refractivity contribution is 6.35. The van der Waals surface area contributed by atoms with E-state index in [9.17, 15) is 9.59 Å². The number of nitrogens with zero attached hydrogens (tertiary/aromatic N) is 1. The Morgan fingerprint density at radius 1 is 1.08 bits per heavy atom. The summed E-state index contributed by atoms with van der Waals surface area (Å²) >= 11 is 12.0. The lowest BCUT2D eigenvalue weighted by Gasteiger charge is -2.14. The number of esters is 1. The molecule has 1 aliphatic carbocycles. The van der Waals surface area contributed by atoms with E-state index in [4.69, 9.17) is 37.1 Å². The van der Waals surface area contributed by atoms with Crippen molar-refractivity contribution in [3.63, 3.8) is 0 Å². The molecule has 194 valence electrons. The number of rotatable bonds is 7. The summed E-state index contributed by atoms with van der Waals surface area (Å²) in [6.07, 6.45) is 2.06. The number of nitrogens with one attached hydrogen (secondary N) is 1. The Bertz CT molecular complexity index is 1380. The lowest BCUT2D eigenvalue weighted by atomic mass is 9.93. The van der Waals surface area contributed by atoms with Gasteiger partial charge in [-0.15, -0.1) is 0 Å². The first kappa shape index (κ1) is 26.8. The van der Waals surface area contributed by atoms with E-state index < -0.39 is 11.9 Å². The Kier molecular flexibility index (Phi) is 8.25. The third kappa shape index (κ3) is 6.17. The van der Waals surface area contributed by atoms with Gasteiger partial charge in [-0.25, -0.2) is 10.2 Å². The Hall–Kier alpha value is -3.29. The molecule has 1 amide bonds. The predicted octanol–water partition coefficient (Wildman–Crippen LogP) is 6.78. The second kappa shape index (κ2) is 11.4. The van der Waals surface area contributed by atoms with Crippen LogP contribution in [0.1, 0.15) is 71.2 Å². The van der Waals surface area contributed by atoms with Gasteiger partial charge < -0.3 is 13.9 Å². The molecule has 1 aromatic heterocycles. The first-order chi connectivity index (χ1) is 17.6. The van der Waals surface area contributed by atoms with Gasteiger partial charge in [0.1, 0.15) is 17.3 Å². The molecule has 0 saturated heterocycles. The molecule has 1 N–H and O–H groups in total. The monoisotopic (exact) mass is 542 g/mol. The van der Waals surface area contributed by atoms with E-state index in [0.717, 1.165) is 23.1 Å². The van der Waals surface area contributed by atoms with E-state index in [1.54, 1.807) is 19.1 Å². The van der Waals surface area contributed by atoms with Crippen LogP contribution >= 0.6 is 23.2 Å². The maximum Gasteiger partial charge on any atom is 0.379 e. The molecule has 0 bridgehead atoms. The summed E-state index contributed by atoms with van der Waals surface area (Å²) < 4.78 is 17.2. The van der Waals surface area contributed by atoms with Crippen LogP contribution in [0.2, 0.25) is 10.0 Å². The van der Waals surface area contributed by atoms with Gasteiger partial charge >= 0.3 is 5.97 Å². The molecule has 0 aliphatic heterocycles. The average Bonchev–Trinajstić information content (AvgIpc) is 3.19. The third-order valence-electron chi connectivity index (χ3n) is 6.07. The molecule has 0 fully saturated rings. The SMILES string of the molecule is Cc1ccc(C(C)C)c(OC(=O)c2oc3c(c2C)/C(=N/NC(=O)COc2ccc(Cl)cc2Cl)CCC3)c1. The topological polar surface area (TPSA) is 90.1 Å². The number of benzene rings is 2. The molecule has 1 aliphatic rings. The summed E-state index contributed by atoms with van der Waals surface area (Å²) in [5.74, 6) is 0.844. The van der Waals surface area contributed by atoms with Gasteiger partial charge in [-0.3, -0.25) is 4.79 Å². The molecule has 0 saturated carbocycles. The molecule has 0 unspecified atom stereocenters. The number of hydrogen-bond acceptors (Lipinski definition) is 6. The van der Waals surface area contributed by atoms with Crippen LogP contribution in [-0.4, -0.2) is 24.2 Å². The number of furan rings is 1. The zero-order valence-electron chi connectivity index (χ0n) is 21.1. The Morgan fingerprint density at radius 2 is 1.86 bits per heavy atom. The van der Waals surface area contributed by atoms with E-state index in [1.165, 1.54) is 6.07 Å². The van der Waals surface area contributed by atoms with E-state index in [2.05, 4.69) is 10.5 Å². The minimum Gasteiger partial charge on any atom is -0.482 e. The van der Waals surface area contributed by atoms with Crippen LogP contribution < -0.4 is 14.9 Å². The summed E-state index contributed by atoms with van der Waals surface area (Å²) in [6.45, 7) is 7.56. The first-order valence-corrected chi connectivity index (χ1v) is 12.8. The van der Waals surface area contributed by atoms with Gasteiger partial charge in [-0.1, -0.05) is 49.2 Å². The fourth-order valence-electron chi connectivity index (χ4n) is 4.23. The number of carbonyl (C=O) groups is 2. The number of hydrogen-bond donors (Lipinski definition) is 1. The Morgan fingerprint density at radius 3 is 2.59 bits per heavy atom. The lowest BCUT2D eigenvalue weighted by molar-refractivity contribution is -0.123. The Balaban J connectivity index is 1.48. The van der Waals surface area contributed by atoms with Gasteiger partial charge in [0, 0.05) is 22.6 Å². The van der Waals surface area contributed by atoms with Gasteiger partial charge in [0.15, 0.2) is 6.61 Å². The average molecular weight is 543 g/mol. The minimum absolute atomic E-state index is 0.142. The number of carbonyl (C=O) groups excluding carboxylic acids is 2. The van der Waals surface area contributed by atoms with Crippen molar-refractivity contribution in [1.29, 1.82) is 0 Å². The molecule has 0 spiro atoms. The summed E-state index contributed by atoms with van der Waals surface area (Å²) in [5.41, 5.74) is 6.46. The smallest absolute Gasteiger partial charge is 0.379 e. The molecule has 37 heavy (non-hydrogen) atoms. The van der Waals surface area contributed by atoms with Crippen molar-refractivity contribution >= 4 is 40.8 Å². The van der Waals surface area contributed by atoms with Crippen LogP contribution in [0, 0.1) is 13.8 Å². The van der Waals surface area contributed by atoms with Gasteiger partial charge in [-0.2, -0.15) is 5.10 Å². The maximum absolute atomic E-state index is 13.1. The quantitative estimate of drug-likeness (QED) is 0.202. The van der Waals surface area contributed by atoms with Crippen molar-refractivity contribution in [2.75, 3.05) is 6.61 Å². The molecular formula is C28H28Cl2N2O5. The summed E-state index contributed by atoms with van der Waals surface area (Å²) in [7, 11) is 0. The molecule has 4 rings (SSSR count). The zero-order chi connectivity index (χ0) is 26.7. The van der Waals surface area contributed by atoms with Crippen molar-refractivity contribution in [2.24, 2.45) is 5.10 Å². The zero-order valence-corrected chi connectivity index (χ0v) is 22.6. The van der Waals surface area contributed by atoms with Crippen molar-refractivity contribution < 1.29 is 23.5 Å². The molecule has 3 aromatic rings. The highest BCUT2D eigenvalue weighted by atomic mass is 35.5.